The summed E-state index contributed by atoms with van der Waals surface area (Å²) in [4.78, 5) is 11.5. The Labute approximate surface area is 115 Å². The summed E-state index contributed by atoms with van der Waals surface area (Å²) in [5, 5.41) is 2.69. The molecule has 0 bridgehead atoms. The Morgan fingerprint density at radius 1 is 1.32 bits per heavy atom. The molecule has 1 aromatic rings. The summed E-state index contributed by atoms with van der Waals surface area (Å²) in [6.07, 6.45) is -0.438. The van der Waals surface area contributed by atoms with Gasteiger partial charge in [-0.05, 0) is 51.3 Å². The molecule has 1 rings (SSSR count). The van der Waals surface area contributed by atoms with E-state index in [9.17, 15) is 4.79 Å². The molecular weight excluding hydrogens is 240 g/mol. The van der Waals surface area contributed by atoms with Crippen LogP contribution in [0, 0.1) is 13.8 Å². The summed E-state index contributed by atoms with van der Waals surface area (Å²) in [5.41, 5.74) is 9.01. The van der Waals surface area contributed by atoms with Crippen LogP contribution < -0.4 is 11.1 Å². The maximum Gasteiger partial charge on any atom is 0.407 e. The second-order valence-corrected chi connectivity index (χ2v) is 5.83. The molecule has 0 aromatic heterocycles. The molecule has 1 unspecified atom stereocenters. The van der Waals surface area contributed by atoms with Crippen LogP contribution in [0.25, 0.3) is 0 Å². The van der Waals surface area contributed by atoms with Crippen molar-refractivity contribution in [3.05, 3.63) is 34.9 Å². The van der Waals surface area contributed by atoms with Crippen LogP contribution in [0.4, 0.5) is 4.79 Å². The third kappa shape index (κ3) is 5.30. The van der Waals surface area contributed by atoms with Crippen molar-refractivity contribution in [2.24, 2.45) is 5.73 Å². The number of nitrogens with one attached hydrogen (secondary N) is 1. The predicted molar refractivity (Wildman–Crippen MR) is 77.1 cm³/mol. The standard InChI is InChI=1S/C15H24N2O2/c1-10-6-7-12(8-11(10)2)13(16)9-17-14(18)19-15(3,4)5/h6-8,13H,9,16H2,1-5H3,(H,17,18). The highest BCUT2D eigenvalue weighted by Crippen LogP contribution is 2.15. The van der Waals surface area contributed by atoms with Crippen molar-refractivity contribution in [3.63, 3.8) is 0 Å². The minimum Gasteiger partial charge on any atom is -0.444 e. The van der Waals surface area contributed by atoms with E-state index in [2.05, 4.69) is 18.3 Å². The van der Waals surface area contributed by atoms with Crippen LogP contribution in [0.15, 0.2) is 18.2 Å². The van der Waals surface area contributed by atoms with Crippen molar-refractivity contribution in [1.82, 2.24) is 5.32 Å². The van der Waals surface area contributed by atoms with Gasteiger partial charge in [-0.2, -0.15) is 0 Å². The quantitative estimate of drug-likeness (QED) is 0.882. The van der Waals surface area contributed by atoms with Gasteiger partial charge in [-0.15, -0.1) is 0 Å². The molecule has 0 saturated carbocycles. The number of aryl methyl sites for hydroxylation is 2. The Morgan fingerprint density at radius 2 is 1.95 bits per heavy atom. The Kier molecular flexibility index (Phi) is 4.95. The third-order valence-corrected chi connectivity index (χ3v) is 2.82. The van der Waals surface area contributed by atoms with E-state index in [1.165, 1.54) is 11.1 Å². The highest BCUT2D eigenvalue weighted by Gasteiger charge is 2.16. The smallest absolute Gasteiger partial charge is 0.407 e. The highest BCUT2D eigenvalue weighted by atomic mass is 16.6. The molecule has 0 radical (unpaired) electrons. The van der Waals surface area contributed by atoms with Crippen LogP contribution in [-0.4, -0.2) is 18.2 Å². The number of hydrogen-bond donors (Lipinski definition) is 2. The summed E-state index contributed by atoms with van der Waals surface area (Å²) in [6, 6.07) is 5.85. The van der Waals surface area contributed by atoms with Gasteiger partial charge in [-0.25, -0.2) is 4.79 Å². The van der Waals surface area contributed by atoms with Gasteiger partial charge < -0.3 is 15.8 Å². The first kappa shape index (κ1) is 15.5. The number of benzene rings is 1. The zero-order valence-electron chi connectivity index (χ0n) is 12.4. The molecule has 0 aliphatic heterocycles. The summed E-state index contributed by atoms with van der Waals surface area (Å²) < 4.78 is 5.16. The Morgan fingerprint density at radius 3 is 2.47 bits per heavy atom. The number of rotatable bonds is 3. The van der Waals surface area contributed by atoms with Crippen LogP contribution in [0.2, 0.25) is 0 Å². The molecule has 0 spiro atoms. The molecule has 0 heterocycles. The molecule has 1 amide bonds. The van der Waals surface area contributed by atoms with Gasteiger partial charge in [0.2, 0.25) is 0 Å². The van der Waals surface area contributed by atoms with Crippen LogP contribution in [0.3, 0.4) is 0 Å². The first-order valence-corrected chi connectivity index (χ1v) is 6.48. The minimum absolute atomic E-state index is 0.230. The fourth-order valence-electron chi connectivity index (χ4n) is 1.62. The molecule has 0 aliphatic rings. The van der Waals surface area contributed by atoms with Gasteiger partial charge >= 0.3 is 6.09 Å². The van der Waals surface area contributed by atoms with Gasteiger partial charge in [0.25, 0.3) is 0 Å². The van der Waals surface area contributed by atoms with Crippen LogP contribution in [-0.2, 0) is 4.74 Å². The van der Waals surface area contributed by atoms with Crippen molar-refractivity contribution in [1.29, 1.82) is 0 Å². The molecule has 1 atom stereocenters. The largest absolute Gasteiger partial charge is 0.444 e. The van der Waals surface area contributed by atoms with Crippen molar-refractivity contribution in [2.45, 2.75) is 46.3 Å². The van der Waals surface area contributed by atoms with E-state index in [1.54, 1.807) is 0 Å². The topological polar surface area (TPSA) is 64.3 Å². The number of hydrogen-bond acceptors (Lipinski definition) is 3. The fourth-order valence-corrected chi connectivity index (χ4v) is 1.62. The first-order chi connectivity index (χ1) is 8.69. The molecule has 1 aromatic carbocycles. The first-order valence-electron chi connectivity index (χ1n) is 6.48. The fraction of sp³-hybridized carbons (Fsp3) is 0.533. The number of nitrogens with two attached hydrogens (primary N) is 1. The molecule has 106 valence electrons. The van der Waals surface area contributed by atoms with Gasteiger partial charge in [0, 0.05) is 12.6 Å². The van der Waals surface area contributed by atoms with E-state index in [-0.39, 0.29) is 6.04 Å². The Bertz CT molecular complexity index is 450. The van der Waals surface area contributed by atoms with Gasteiger partial charge in [0.05, 0.1) is 0 Å². The van der Waals surface area contributed by atoms with Crippen molar-refractivity contribution < 1.29 is 9.53 Å². The Hall–Kier alpha value is -1.55. The maximum atomic E-state index is 11.5. The second-order valence-electron chi connectivity index (χ2n) is 5.83. The lowest BCUT2D eigenvalue weighted by Gasteiger charge is -2.21. The van der Waals surface area contributed by atoms with Crippen molar-refractivity contribution >= 4 is 6.09 Å². The molecule has 0 saturated heterocycles. The zero-order valence-corrected chi connectivity index (χ0v) is 12.4. The van der Waals surface area contributed by atoms with E-state index in [0.29, 0.717) is 6.54 Å². The normalized spacial score (nSPS) is 12.9. The Balaban J connectivity index is 2.53. The van der Waals surface area contributed by atoms with E-state index < -0.39 is 11.7 Å². The molecule has 19 heavy (non-hydrogen) atoms. The average Bonchev–Trinajstić information content (AvgIpc) is 2.27. The summed E-state index contributed by atoms with van der Waals surface area (Å²) >= 11 is 0. The summed E-state index contributed by atoms with van der Waals surface area (Å²) in [7, 11) is 0. The van der Waals surface area contributed by atoms with Gasteiger partial charge in [0.15, 0.2) is 0 Å². The maximum absolute atomic E-state index is 11.5. The molecule has 3 N–H and O–H groups in total. The predicted octanol–water partition coefficient (Wildman–Crippen LogP) is 2.83. The molecule has 0 fully saturated rings. The van der Waals surface area contributed by atoms with E-state index in [4.69, 9.17) is 10.5 Å². The van der Waals surface area contributed by atoms with Crippen molar-refractivity contribution in [2.75, 3.05) is 6.54 Å². The lowest BCUT2D eigenvalue weighted by atomic mass is 10.0. The highest BCUT2D eigenvalue weighted by molar-refractivity contribution is 5.67. The molecule has 0 aliphatic carbocycles. The van der Waals surface area contributed by atoms with Gasteiger partial charge in [0.1, 0.15) is 5.60 Å². The summed E-state index contributed by atoms with van der Waals surface area (Å²) in [5.74, 6) is 0. The van der Waals surface area contributed by atoms with Crippen LogP contribution in [0.5, 0.6) is 0 Å². The molecule has 4 heteroatoms. The van der Waals surface area contributed by atoms with E-state index >= 15 is 0 Å². The molecular formula is C15H24N2O2. The number of alkyl carbamates (subject to hydrolysis) is 1. The van der Waals surface area contributed by atoms with E-state index in [0.717, 1.165) is 5.56 Å². The minimum atomic E-state index is -0.491. The van der Waals surface area contributed by atoms with Crippen LogP contribution >= 0.6 is 0 Å². The lowest BCUT2D eigenvalue weighted by molar-refractivity contribution is 0.0524. The second kappa shape index (κ2) is 6.06. The number of carbonyl (C=O) groups is 1. The molecule has 4 nitrogen and oxygen atoms in total. The number of amides is 1. The monoisotopic (exact) mass is 264 g/mol. The SMILES string of the molecule is Cc1ccc(C(N)CNC(=O)OC(C)(C)C)cc1C. The zero-order chi connectivity index (χ0) is 14.6. The van der Waals surface area contributed by atoms with Crippen LogP contribution in [0.1, 0.15) is 43.5 Å². The van der Waals surface area contributed by atoms with Crippen molar-refractivity contribution in [3.8, 4) is 0 Å². The average molecular weight is 264 g/mol. The van der Waals surface area contributed by atoms with E-state index in [1.807, 2.05) is 39.8 Å². The number of ether oxygens (including phenoxy) is 1. The lowest BCUT2D eigenvalue weighted by Crippen LogP contribution is -2.36. The van der Waals surface area contributed by atoms with Gasteiger partial charge in [-0.1, -0.05) is 18.2 Å². The third-order valence-electron chi connectivity index (χ3n) is 2.82. The number of carbonyl (C=O) groups excluding carboxylic acids is 1. The van der Waals surface area contributed by atoms with Gasteiger partial charge in [-0.3, -0.25) is 0 Å². The summed E-state index contributed by atoms with van der Waals surface area (Å²) in [6.45, 7) is 9.95.